The molecule has 1 aromatic rings. The normalized spacial score (nSPS) is 19.2. The number of carbonyl (C=O) groups excluding carboxylic acids is 4. The summed E-state index contributed by atoms with van der Waals surface area (Å²) >= 11 is 1.32. The molecule has 9 heteroatoms. The molecule has 1 aliphatic carbocycles. The van der Waals surface area contributed by atoms with E-state index < -0.39 is 30.4 Å². The molecule has 0 bridgehead atoms. The van der Waals surface area contributed by atoms with E-state index in [0.29, 0.717) is 18.0 Å². The highest BCUT2D eigenvalue weighted by Gasteiger charge is 2.33. The van der Waals surface area contributed by atoms with Gasteiger partial charge >= 0.3 is 5.97 Å². The molecule has 3 amide bonds. The van der Waals surface area contributed by atoms with Gasteiger partial charge in [0, 0.05) is 17.3 Å². The lowest BCUT2D eigenvalue weighted by atomic mass is 10.0. The Labute approximate surface area is 167 Å². The lowest BCUT2D eigenvalue weighted by Crippen LogP contribution is -2.51. The van der Waals surface area contributed by atoms with Gasteiger partial charge in [0.05, 0.1) is 5.56 Å². The zero-order chi connectivity index (χ0) is 20.4. The molecule has 3 rings (SSSR count). The number of aryl methyl sites for hydroxylation is 1. The Bertz CT molecular complexity index is 815. The average molecular weight is 407 g/mol. The van der Waals surface area contributed by atoms with Gasteiger partial charge in [-0.25, -0.2) is 4.79 Å². The summed E-state index contributed by atoms with van der Waals surface area (Å²) in [7, 11) is 0. The van der Waals surface area contributed by atoms with Crippen LogP contribution in [0.25, 0.3) is 0 Å². The van der Waals surface area contributed by atoms with Crippen molar-refractivity contribution >= 4 is 40.0 Å². The number of primary amides is 1. The maximum Gasteiger partial charge on any atom is 0.341 e. The van der Waals surface area contributed by atoms with Crippen molar-refractivity contribution in [1.82, 2.24) is 4.90 Å². The highest BCUT2D eigenvalue weighted by Crippen LogP contribution is 2.36. The predicted molar refractivity (Wildman–Crippen MR) is 104 cm³/mol. The molecule has 152 valence electrons. The topological polar surface area (TPSA) is 119 Å². The van der Waals surface area contributed by atoms with E-state index in [1.165, 1.54) is 16.2 Å². The van der Waals surface area contributed by atoms with Gasteiger partial charge in [0.1, 0.15) is 11.0 Å². The average Bonchev–Trinajstić information content (AvgIpc) is 3.47. The molecule has 0 radical (unpaired) electrons. The standard InChI is InChI=1S/C19H25N3O5S/c1-10-11(2)28-18(21-17(25)12-6-7-12)15(10)19(26)27-9-14(23)22-8-4-3-5-13(22)16(20)24/h12-13H,3-9H2,1-2H3,(H2,20,24)(H,21,25)/t13-/m1/s1. The number of nitrogens with zero attached hydrogens (tertiary/aromatic N) is 1. The van der Waals surface area contributed by atoms with E-state index in [4.69, 9.17) is 10.5 Å². The minimum Gasteiger partial charge on any atom is -0.452 e. The summed E-state index contributed by atoms with van der Waals surface area (Å²) in [5, 5.41) is 3.27. The first kappa shape index (κ1) is 20.3. The summed E-state index contributed by atoms with van der Waals surface area (Å²) in [6.07, 6.45) is 3.86. The molecule has 1 aromatic heterocycles. The Morgan fingerprint density at radius 3 is 2.54 bits per heavy atom. The van der Waals surface area contributed by atoms with Crippen LogP contribution >= 0.6 is 11.3 Å². The maximum atomic E-state index is 12.6. The van der Waals surface area contributed by atoms with Gasteiger partial charge in [-0.2, -0.15) is 0 Å². The third-order valence-corrected chi connectivity index (χ3v) is 6.38. The molecule has 2 heterocycles. The molecule has 1 atom stereocenters. The van der Waals surface area contributed by atoms with Crippen molar-refractivity contribution in [3.8, 4) is 0 Å². The largest absolute Gasteiger partial charge is 0.452 e. The summed E-state index contributed by atoms with van der Waals surface area (Å²) < 4.78 is 5.24. The third-order valence-electron chi connectivity index (χ3n) is 5.25. The van der Waals surface area contributed by atoms with Crippen molar-refractivity contribution in [3.05, 3.63) is 16.0 Å². The first-order valence-corrected chi connectivity index (χ1v) is 10.3. The van der Waals surface area contributed by atoms with Gasteiger partial charge < -0.3 is 20.7 Å². The Balaban J connectivity index is 1.66. The second-order valence-electron chi connectivity index (χ2n) is 7.33. The van der Waals surface area contributed by atoms with Crippen LogP contribution in [0.1, 0.15) is 52.9 Å². The van der Waals surface area contributed by atoms with Crippen LogP contribution in [0.2, 0.25) is 0 Å². The number of amides is 3. The molecule has 28 heavy (non-hydrogen) atoms. The van der Waals surface area contributed by atoms with Gasteiger partial charge in [-0.15, -0.1) is 11.3 Å². The summed E-state index contributed by atoms with van der Waals surface area (Å²) in [5.74, 6) is -1.73. The third kappa shape index (κ3) is 4.35. The van der Waals surface area contributed by atoms with Gasteiger partial charge in [0.25, 0.3) is 5.91 Å². The first-order chi connectivity index (χ1) is 13.3. The van der Waals surface area contributed by atoms with Crippen LogP contribution in [0, 0.1) is 19.8 Å². The monoisotopic (exact) mass is 407 g/mol. The molecule has 8 nitrogen and oxygen atoms in total. The molecule has 0 spiro atoms. The number of carbonyl (C=O) groups is 4. The zero-order valence-electron chi connectivity index (χ0n) is 16.1. The number of anilines is 1. The molecule has 0 unspecified atom stereocenters. The van der Waals surface area contributed by atoms with Crippen molar-refractivity contribution in [2.24, 2.45) is 11.7 Å². The van der Waals surface area contributed by atoms with Gasteiger partial charge in [-0.1, -0.05) is 0 Å². The van der Waals surface area contributed by atoms with E-state index in [2.05, 4.69) is 5.32 Å². The fourth-order valence-corrected chi connectivity index (χ4v) is 4.38. The highest BCUT2D eigenvalue weighted by molar-refractivity contribution is 7.16. The van der Waals surface area contributed by atoms with E-state index in [9.17, 15) is 19.2 Å². The molecule has 0 aromatic carbocycles. The number of esters is 1. The Morgan fingerprint density at radius 2 is 1.89 bits per heavy atom. The van der Waals surface area contributed by atoms with Crippen molar-refractivity contribution < 1.29 is 23.9 Å². The summed E-state index contributed by atoms with van der Waals surface area (Å²) in [5.41, 5.74) is 6.39. The van der Waals surface area contributed by atoms with Crippen LogP contribution in [0.15, 0.2) is 0 Å². The van der Waals surface area contributed by atoms with Crippen LogP contribution in [0.5, 0.6) is 0 Å². The second kappa shape index (κ2) is 8.30. The maximum absolute atomic E-state index is 12.6. The number of nitrogens with two attached hydrogens (primary N) is 1. The zero-order valence-corrected chi connectivity index (χ0v) is 16.9. The van der Waals surface area contributed by atoms with E-state index >= 15 is 0 Å². The molecular formula is C19H25N3O5S. The number of ether oxygens (including phenoxy) is 1. The van der Waals surface area contributed by atoms with Gasteiger partial charge in [0.2, 0.25) is 11.8 Å². The van der Waals surface area contributed by atoms with Gasteiger partial charge in [-0.3, -0.25) is 14.4 Å². The van der Waals surface area contributed by atoms with Crippen molar-refractivity contribution in [2.75, 3.05) is 18.5 Å². The molecule has 1 saturated heterocycles. The minimum atomic E-state index is -0.658. The predicted octanol–water partition coefficient (Wildman–Crippen LogP) is 1.74. The number of rotatable bonds is 6. The molecule has 1 aliphatic heterocycles. The summed E-state index contributed by atoms with van der Waals surface area (Å²) in [6.45, 7) is 3.60. The van der Waals surface area contributed by atoms with E-state index in [1.54, 1.807) is 6.92 Å². The van der Waals surface area contributed by atoms with E-state index in [-0.39, 0.29) is 17.4 Å². The van der Waals surface area contributed by atoms with Crippen LogP contribution < -0.4 is 11.1 Å². The lowest BCUT2D eigenvalue weighted by molar-refractivity contribution is -0.143. The number of likely N-dealkylation sites (tertiary alicyclic amines) is 1. The number of hydrogen-bond donors (Lipinski definition) is 2. The Morgan fingerprint density at radius 1 is 1.18 bits per heavy atom. The number of nitrogens with one attached hydrogen (secondary N) is 1. The lowest BCUT2D eigenvalue weighted by Gasteiger charge is -2.33. The van der Waals surface area contributed by atoms with E-state index in [1.807, 2.05) is 6.92 Å². The van der Waals surface area contributed by atoms with Crippen LogP contribution in [0.4, 0.5) is 5.00 Å². The van der Waals surface area contributed by atoms with E-state index in [0.717, 1.165) is 36.1 Å². The van der Waals surface area contributed by atoms with Crippen molar-refractivity contribution in [3.63, 3.8) is 0 Å². The number of thiophene rings is 1. The van der Waals surface area contributed by atoms with Crippen molar-refractivity contribution in [2.45, 2.75) is 52.0 Å². The SMILES string of the molecule is Cc1sc(NC(=O)C2CC2)c(C(=O)OCC(=O)N2CCCC[C@@H]2C(N)=O)c1C. The number of hydrogen-bond acceptors (Lipinski definition) is 6. The Kier molecular flexibility index (Phi) is 6.02. The highest BCUT2D eigenvalue weighted by atomic mass is 32.1. The number of piperidine rings is 1. The minimum absolute atomic E-state index is 0.0120. The summed E-state index contributed by atoms with van der Waals surface area (Å²) in [6, 6.07) is -0.654. The molecule has 1 saturated carbocycles. The smallest absolute Gasteiger partial charge is 0.341 e. The molecule has 2 aliphatic rings. The summed E-state index contributed by atoms with van der Waals surface area (Å²) in [4.78, 5) is 51.0. The molecular weight excluding hydrogens is 382 g/mol. The fraction of sp³-hybridized carbons (Fsp3) is 0.579. The van der Waals surface area contributed by atoms with Gasteiger partial charge in [-0.05, 0) is 51.5 Å². The fourth-order valence-electron chi connectivity index (χ4n) is 3.33. The second-order valence-corrected chi connectivity index (χ2v) is 8.55. The molecule has 3 N–H and O–H groups in total. The quantitative estimate of drug-likeness (QED) is 0.696. The van der Waals surface area contributed by atoms with Crippen LogP contribution in [-0.4, -0.2) is 47.8 Å². The van der Waals surface area contributed by atoms with Gasteiger partial charge in [0.15, 0.2) is 6.61 Å². The van der Waals surface area contributed by atoms with Crippen LogP contribution in [-0.2, 0) is 19.1 Å². The van der Waals surface area contributed by atoms with Crippen molar-refractivity contribution in [1.29, 1.82) is 0 Å². The molecule has 2 fully saturated rings. The van der Waals surface area contributed by atoms with Crippen LogP contribution in [0.3, 0.4) is 0 Å². The first-order valence-electron chi connectivity index (χ1n) is 9.46. The Hall–Kier alpha value is -2.42.